The minimum Gasteiger partial charge on any atom is -0.309 e. The first kappa shape index (κ1) is 15.5. The number of rotatable bonds is 3. The summed E-state index contributed by atoms with van der Waals surface area (Å²) in [6.07, 6.45) is 2.12. The standard InChI is InChI=1S/C19H19N5O/c1-11(2)18-20-9-8-14(21-18)13-10-15(25)22-19-16(13)17(23-24-19)12-6-4-3-5-7-12/h3-9,11,13H,10H2,1-2H3,(H2,22,23,24,25)/t13-/m1/s1. The highest BCUT2D eigenvalue weighted by Crippen LogP contribution is 2.41. The van der Waals surface area contributed by atoms with E-state index in [4.69, 9.17) is 4.98 Å². The summed E-state index contributed by atoms with van der Waals surface area (Å²) in [6.45, 7) is 4.12. The smallest absolute Gasteiger partial charge is 0.226 e. The topological polar surface area (TPSA) is 83.6 Å². The Morgan fingerprint density at radius 2 is 1.96 bits per heavy atom. The van der Waals surface area contributed by atoms with E-state index in [1.54, 1.807) is 6.20 Å². The fraction of sp³-hybridized carbons (Fsp3) is 0.263. The minimum atomic E-state index is -0.141. The summed E-state index contributed by atoms with van der Waals surface area (Å²) in [5, 5.41) is 10.3. The number of aromatic amines is 1. The molecule has 1 atom stereocenters. The SMILES string of the molecule is CC(C)c1nccc([C@H]2CC(=O)Nc3n[nH]c(-c4ccccc4)c32)n1. The predicted molar refractivity (Wildman–Crippen MR) is 95.2 cm³/mol. The second kappa shape index (κ2) is 6.12. The lowest BCUT2D eigenvalue weighted by atomic mass is 9.87. The lowest BCUT2D eigenvalue weighted by molar-refractivity contribution is -0.116. The van der Waals surface area contributed by atoms with Gasteiger partial charge in [0.05, 0.1) is 11.4 Å². The highest BCUT2D eigenvalue weighted by atomic mass is 16.1. The maximum atomic E-state index is 12.2. The van der Waals surface area contributed by atoms with Crippen molar-refractivity contribution >= 4 is 11.7 Å². The number of fused-ring (bicyclic) bond motifs is 1. The predicted octanol–water partition coefficient (Wildman–Crippen LogP) is 3.46. The largest absolute Gasteiger partial charge is 0.309 e. The van der Waals surface area contributed by atoms with Crippen LogP contribution in [-0.4, -0.2) is 26.1 Å². The van der Waals surface area contributed by atoms with E-state index in [-0.39, 0.29) is 17.7 Å². The van der Waals surface area contributed by atoms with E-state index >= 15 is 0 Å². The Hall–Kier alpha value is -3.02. The van der Waals surface area contributed by atoms with Crippen molar-refractivity contribution in [2.24, 2.45) is 0 Å². The highest BCUT2D eigenvalue weighted by molar-refractivity contribution is 5.95. The molecule has 0 aliphatic carbocycles. The van der Waals surface area contributed by atoms with E-state index in [0.29, 0.717) is 12.2 Å². The quantitative estimate of drug-likeness (QED) is 0.769. The Morgan fingerprint density at radius 1 is 1.16 bits per heavy atom. The third kappa shape index (κ3) is 2.80. The van der Waals surface area contributed by atoms with Crippen molar-refractivity contribution in [1.82, 2.24) is 20.2 Å². The van der Waals surface area contributed by atoms with Gasteiger partial charge in [0.1, 0.15) is 5.82 Å². The van der Waals surface area contributed by atoms with Crippen molar-refractivity contribution in [1.29, 1.82) is 0 Å². The molecule has 25 heavy (non-hydrogen) atoms. The average Bonchev–Trinajstić information content (AvgIpc) is 3.05. The van der Waals surface area contributed by atoms with Crippen molar-refractivity contribution in [3.05, 3.63) is 59.7 Å². The molecule has 1 amide bonds. The molecule has 4 rings (SSSR count). The van der Waals surface area contributed by atoms with Gasteiger partial charge in [-0.3, -0.25) is 9.89 Å². The van der Waals surface area contributed by atoms with E-state index < -0.39 is 0 Å². The normalized spacial score (nSPS) is 16.6. The van der Waals surface area contributed by atoms with E-state index in [1.165, 1.54) is 0 Å². The number of anilines is 1. The first-order valence-electron chi connectivity index (χ1n) is 8.40. The Balaban J connectivity index is 1.85. The zero-order chi connectivity index (χ0) is 17.4. The van der Waals surface area contributed by atoms with Crippen molar-refractivity contribution < 1.29 is 4.79 Å². The van der Waals surface area contributed by atoms with Crippen molar-refractivity contribution in [2.75, 3.05) is 5.32 Å². The summed E-state index contributed by atoms with van der Waals surface area (Å²) in [4.78, 5) is 21.2. The molecule has 6 nitrogen and oxygen atoms in total. The molecule has 2 aromatic heterocycles. The third-order valence-corrected chi connectivity index (χ3v) is 4.43. The lowest BCUT2D eigenvalue weighted by Crippen LogP contribution is -2.24. The molecule has 3 aromatic rings. The number of aromatic nitrogens is 4. The van der Waals surface area contributed by atoms with E-state index in [0.717, 1.165) is 28.3 Å². The fourth-order valence-electron chi connectivity index (χ4n) is 3.19. The van der Waals surface area contributed by atoms with Crippen LogP contribution in [0.25, 0.3) is 11.3 Å². The number of nitrogens with zero attached hydrogens (tertiary/aromatic N) is 3. The molecule has 0 fully saturated rings. The zero-order valence-electron chi connectivity index (χ0n) is 14.2. The van der Waals surface area contributed by atoms with Gasteiger partial charge in [0.2, 0.25) is 5.91 Å². The van der Waals surface area contributed by atoms with E-state index in [2.05, 4.69) is 34.3 Å². The summed E-state index contributed by atoms with van der Waals surface area (Å²) in [5.41, 5.74) is 3.80. The van der Waals surface area contributed by atoms with Gasteiger partial charge in [0.25, 0.3) is 0 Å². The Bertz CT molecular complexity index is 917. The average molecular weight is 333 g/mol. The summed E-state index contributed by atoms with van der Waals surface area (Å²) in [5.74, 6) is 1.42. The molecule has 2 N–H and O–H groups in total. The molecule has 0 unspecified atom stereocenters. The maximum Gasteiger partial charge on any atom is 0.226 e. The van der Waals surface area contributed by atoms with Gasteiger partial charge in [0, 0.05) is 30.0 Å². The number of H-pyrrole nitrogens is 1. The van der Waals surface area contributed by atoms with Gasteiger partial charge >= 0.3 is 0 Å². The van der Waals surface area contributed by atoms with Crippen LogP contribution in [0.4, 0.5) is 5.82 Å². The van der Waals surface area contributed by atoms with Crippen molar-refractivity contribution in [3.63, 3.8) is 0 Å². The molecule has 1 aliphatic rings. The maximum absolute atomic E-state index is 12.2. The minimum absolute atomic E-state index is 0.0479. The number of carbonyl (C=O) groups excluding carboxylic acids is 1. The molecule has 0 saturated carbocycles. The van der Waals surface area contributed by atoms with Gasteiger partial charge in [-0.2, -0.15) is 5.10 Å². The second-order valence-corrected chi connectivity index (χ2v) is 6.53. The molecular formula is C19H19N5O. The molecule has 3 heterocycles. The number of benzene rings is 1. The summed E-state index contributed by atoms with van der Waals surface area (Å²) < 4.78 is 0. The van der Waals surface area contributed by atoms with Crippen LogP contribution < -0.4 is 5.32 Å². The second-order valence-electron chi connectivity index (χ2n) is 6.53. The molecule has 6 heteroatoms. The van der Waals surface area contributed by atoms with Gasteiger partial charge < -0.3 is 5.32 Å². The number of hydrogen-bond donors (Lipinski definition) is 2. The first-order valence-corrected chi connectivity index (χ1v) is 8.40. The van der Waals surface area contributed by atoms with Crippen molar-refractivity contribution in [2.45, 2.75) is 32.1 Å². The van der Waals surface area contributed by atoms with Crippen LogP contribution in [0, 0.1) is 0 Å². The Labute approximate surface area is 145 Å². The van der Waals surface area contributed by atoms with Gasteiger partial charge in [-0.1, -0.05) is 44.2 Å². The molecule has 0 spiro atoms. The van der Waals surface area contributed by atoms with Crippen LogP contribution in [-0.2, 0) is 4.79 Å². The monoisotopic (exact) mass is 333 g/mol. The van der Waals surface area contributed by atoms with Crippen LogP contribution >= 0.6 is 0 Å². The molecule has 0 saturated heterocycles. The highest BCUT2D eigenvalue weighted by Gasteiger charge is 2.33. The number of nitrogens with one attached hydrogen (secondary N) is 2. The van der Waals surface area contributed by atoms with Gasteiger partial charge in [-0.25, -0.2) is 9.97 Å². The molecule has 126 valence electrons. The van der Waals surface area contributed by atoms with Gasteiger partial charge in [0.15, 0.2) is 5.82 Å². The summed E-state index contributed by atoms with van der Waals surface area (Å²) >= 11 is 0. The molecule has 0 bridgehead atoms. The van der Waals surface area contributed by atoms with E-state index in [1.807, 2.05) is 36.4 Å². The van der Waals surface area contributed by atoms with Crippen LogP contribution in [0.2, 0.25) is 0 Å². The van der Waals surface area contributed by atoms with Crippen molar-refractivity contribution in [3.8, 4) is 11.3 Å². The van der Waals surface area contributed by atoms with E-state index in [9.17, 15) is 4.79 Å². The van der Waals surface area contributed by atoms with Crippen LogP contribution in [0.3, 0.4) is 0 Å². The Morgan fingerprint density at radius 3 is 2.72 bits per heavy atom. The fourth-order valence-corrected chi connectivity index (χ4v) is 3.19. The molecular weight excluding hydrogens is 314 g/mol. The zero-order valence-corrected chi connectivity index (χ0v) is 14.2. The lowest BCUT2D eigenvalue weighted by Gasteiger charge is -2.23. The van der Waals surface area contributed by atoms with Gasteiger partial charge in [-0.15, -0.1) is 0 Å². The van der Waals surface area contributed by atoms with Crippen LogP contribution in [0.1, 0.15) is 49.2 Å². The number of hydrogen-bond acceptors (Lipinski definition) is 4. The number of carbonyl (C=O) groups is 1. The van der Waals surface area contributed by atoms with Gasteiger partial charge in [-0.05, 0) is 11.6 Å². The molecule has 0 radical (unpaired) electrons. The van der Waals surface area contributed by atoms with Crippen LogP contribution in [0.15, 0.2) is 42.6 Å². The Kier molecular flexibility index (Phi) is 3.80. The first-order chi connectivity index (χ1) is 12.1. The number of amides is 1. The summed E-state index contributed by atoms with van der Waals surface area (Å²) in [7, 11) is 0. The molecule has 1 aromatic carbocycles. The summed E-state index contributed by atoms with van der Waals surface area (Å²) in [6, 6.07) is 11.9. The molecule has 1 aliphatic heterocycles. The third-order valence-electron chi connectivity index (χ3n) is 4.43. The van der Waals surface area contributed by atoms with Crippen LogP contribution in [0.5, 0.6) is 0 Å².